The standard InChI is InChI=1S/C30H26N6O2S/c1-19-8-7-9-22(16-19)32-30-24-11-4-3-10-23(24)29(35-36-30)21-15-14-20(2)27(17-21)39(37,38)31-18-28-33-25-12-5-6-13-26(25)34-28/h3-17,31H,18H2,1-2H3,(H,32,36)(H,33,34). The van der Waals surface area contributed by atoms with Crippen molar-refractivity contribution in [3.05, 3.63) is 108 Å². The third-order valence-electron chi connectivity index (χ3n) is 6.59. The van der Waals surface area contributed by atoms with Gasteiger partial charge in [0.1, 0.15) is 11.5 Å². The first-order chi connectivity index (χ1) is 18.9. The van der Waals surface area contributed by atoms with Crippen LogP contribution in [-0.4, -0.2) is 28.6 Å². The summed E-state index contributed by atoms with van der Waals surface area (Å²) in [5.41, 5.74) is 5.60. The summed E-state index contributed by atoms with van der Waals surface area (Å²) in [5.74, 6) is 1.18. The third kappa shape index (κ3) is 4.97. The van der Waals surface area contributed by atoms with E-state index in [9.17, 15) is 8.42 Å². The molecule has 2 aromatic heterocycles. The Balaban J connectivity index is 1.33. The predicted octanol–water partition coefficient (Wildman–Crippen LogP) is 6.01. The number of imidazole rings is 1. The van der Waals surface area contributed by atoms with E-state index in [1.54, 1.807) is 19.1 Å². The second kappa shape index (κ2) is 9.94. The van der Waals surface area contributed by atoms with Gasteiger partial charge in [-0.25, -0.2) is 18.1 Å². The maximum absolute atomic E-state index is 13.4. The first kappa shape index (κ1) is 24.7. The van der Waals surface area contributed by atoms with Gasteiger partial charge < -0.3 is 10.3 Å². The van der Waals surface area contributed by atoms with Crippen LogP contribution in [0.1, 0.15) is 17.0 Å². The smallest absolute Gasteiger partial charge is 0.241 e. The number of hydrogen-bond acceptors (Lipinski definition) is 6. The quantitative estimate of drug-likeness (QED) is 0.231. The van der Waals surface area contributed by atoms with Crippen molar-refractivity contribution in [2.45, 2.75) is 25.3 Å². The van der Waals surface area contributed by atoms with E-state index in [4.69, 9.17) is 0 Å². The monoisotopic (exact) mass is 534 g/mol. The fourth-order valence-electron chi connectivity index (χ4n) is 4.64. The van der Waals surface area contributed by atoms with Crippen LogP contribution >= 0.6 is 0 Å². The SMILES string of the molecule is Cc1cccc(Nc2nnc(-c3ccc(C)c(S(=O)(=O)NCc4nc5ccccc5[nH]4)c3)c3ccccc23)c1. The lowest BCUT2D eigenvalue weighted by atomic mass is 10.0. The Hall–Kier alpha value is -4.60. The van der Waals surface area contributed by atoms with Crippen LogP contribution in [0.3, 0.4) is 0 Å². The minimum absolute atomic E-state index is 0.0444. The van der Waals surface area contributed by atoms with Crippen LogP contribution in [0.2, 0.25) is 0 Å². The average Bonchev–Trinajstić information content (AvgIpc) is 3.36. The Kier molecular flexibility index (Phi) is 6.30. The largest absolute Gasteiger partial charge is 0.341 e. The number of aromatic nitrogens is 4. The lowest BCUT2D eigenvalue weighted by Crippen LogP contribution is -2.24. The van der Waals surface area contributed by atoms with Gasteiger partial charge in [-0.1, -0.05) is 60.7 Å². The summed E-state index contributed by atoms with van der Waals surface area (Å²) >= 11 is 0. The van der Waals surface area contributed by atoms with Crippen molar-refractivity contribution >= 4 is 43.3 Å². The summed E-state index contributed by atoms with van der Waals surface area (Å²) in [4.78, 5) is 7.81. The maximum atomic E-state index is 13.4. The van der Waals surface area contributed by atoms with E-state index in [0.717, 1.165) is 33.1 Å². The molecule has 0 radical (unpaired) electrons. The number of aryl methyl sites for hydroxylation is 2. The lowest BCUT2D eigenvalue weighted by molar-refractivity contribution is 0.579. The van der Waals surface area contributed by atoms with Gasteiger partial charge in [-0.05, 0) is 55.3 Å². The first-order valence-corrected chi connectivity index (χ1v) is 14.0. The Bertz CT molecular complexity index is 1920. The zero-order chi connectivity index (χ0) is 27.0. The van der Waals surface area contributed by atoms with Gasteiger partial charge in [0, 0.05) is 22.0 Å². The average molecular weight is 535 g/mol. The molecule has 0 saturated carbocycles. The van der Waals surface area contributed by atoms with Crippen LogP contribution in [0.25, 0.3) is 33.1 Å². The zero-order valence-corrected chi connectivity index (χ0v) is 22.3. The van der Waals surface area contributed by atoms with Crippen LogP contribution in [-0.2, 0) is 16.6 Å². The summed E-state index contributed by atoms with van der Waals surface area (Å²) < 4.78 is 29.4. The molecule has 8 nitrogen and oxygen atoms in total. The van der Waals surface area contributed by atoms with E-state index < -0.39 is 10.0 Å². The Morgan fingerprint density at radius 1 is 0.821 bits per heavy atom. The number of para-hydroxylation sites is 2. The molecule has 6 aromatic rings. The van der Waals surface area contributed by atoms with Crippen molar-refractivity contribution in [2.75, 3.05) is 5.32 Å². The molecule has 0 saturated heterocycles. The topological polar surface area (TPSA) is 113 Å². The molecule has 0 atom stereocenters. The maximum Gasteiger partial charge on any atom is 0.241 e. The number of nitrogens with zero attached hydrogens (tertiary/aromatic N) is 3. The molecule has 0 unspecified atom stereocenters. The van der Waals surface area contributed by atoms with Crippen LogP contribution in [0.5, 0.6) is 0 Å². The van der Waals surface area contributed by atoms with Crippen molar-refractivity contribution in [1.82, 2.24) is 24.9 Å². The van der Waals surface area contributed by atoms with Crippen molar-refractivity contribution in [3.8, 4) is 11.3 Å². The molecule has 0 bridgehead atoms. The molecule has 194 valence electrons. The van der Waals surface area contributed by atoms with Gasteiger partial charge in [-0.3, -0.25) is 0 Å². The number of anilines is 2. The van der Waals surface area contributed by atoms with Crippen LogP contribution in [0.4, 0.5) is 11.5 Å². The highest BCUT2D eigenvalue weighted by Gasteiger charge is 2.20. The van der Waals surface area contributed by atoms with Gasteiger partial charge in [-0.15, -0.1) is 10.2 Å². The second-order valence-corrected chi connectivity index (χ2v) is 11.2. The molecule has 0 amide bonds. The minimum Gasteiger partial charge on any atom is -0.341 e. The third-order valence-corrected chi connectivity index (χ3v) is 8.13. The molecule has 0 spiro atoms. The summed E-state index contributed by atoms with van der Waals surface area (Å²) in [5, 5.41) is 14.1. The van der Waals surface area contributed by atoms with Crippen LogP contribution in [0.15, 0.2) is 95.9 Å². The molecule has 9 heteroatoms. The van der Waals surface area contributed by atoms with Gasteiger partial charge in [0.2, 0.25) is 10.0 Å². The van der Waals surface area contributed by atoms with E-state index in [1.165, 1.54) is 0 Å². The molecule has 0 aliphatic rings. The van der Waals surface area contributed by atoms with Crippen molar-refractivity contribution < 1.29 is 8.42 Å². The number of sulfonamides is 1. The predicted molar refractivity (Wildman–Crippen MR) is 154 cm³/mol. The van der Waals surface area contributed by atoms with Crippen molar-refractivity contribution in [3.63, 3.8) is 0 Å². The lowest BCUT2D eigenvalue weighted by Gasteiger charge is -2.13. The number of aromatic amines is 1. The summed E-state index contributed by atoms with van der Waals surface area (Å²) in [6, 6.07) is 28.8. The van der Waals surface area contributed by atoms with Gasteiger partial charge in [0.15, 0.2) is 5.82 Å². The highest BCUT2D eigenvalue weighted by atomic mass is 32.2. The molecule has 2 heterocycles. The highest BCUT2D eigenvalue weighted by molar-refractivity contribution is 7.89. The molecular formula is C30H26N6O2S. The molecule has 3 N–H and O–H groups in total. The normalized spacial score (nSPS) is 11.7. The summed E-state index contributed by atoms with van der Waals surface area (Å²) in [6.45, 7) is 3.85. The van der Waals surface area contributed by atoms with E-state index in [-0.39, 0.29) is 11.4 Å². The number of hydrogen-bond donors (Lipinski definition) is 3. The molecular weight excluding hydrogens is 508 g/mol. The Morgan fingerprint density at radius 2 is 1.62 bits per heavy atom. The zero-order valence-electron chi connectivity index (χ0n) is 21.4. The Labute approximate surface area is 226 Å². The number of rotatable bonds is 7. The Morgan fingerprint density at radius 3 is 2.44 bits per heavy atom. The molecule has 4 aromatic carbocycles. The fourth-order valence-corrected chi connectivity index (χ4v) is 5.89. The molecule has 6 rings (SSSR count). The van der Waals surface area contributed by atoms with E-state index in [2.05, 4.69) is 30.2 Å². The van der Waals surface area contributed by atoms with Gasteiger partial charge in [-0.2, -0.15) is 0 Å². The minimum atomic E-state index is -3.83. The van der Waals surface area contributed by atoms with Gasteiger partial charge in [0.25, 0.3) is 0 Å². The van der Waals surface area contributed by atoms with Gasteiger partial charge in [0.05, 0.1) is 22.5 Å². The van der Waals surface area contributed by atoms with Crippen LogP contribution < -0.4 is 10.0 Å². The number of benzene rings is 4. The van der Waals surface area contributed by atoms with E-state index in [1.807, 2.05) is 85.8 Å². The van der Waals surface area contributed by atoms with Gasteiger partial charge >= 0.3 is 0 Å². The number of nitrogens with one attached hydrogen (secondary N) is 3. The molecule has 0 aliphatic heterocycles. The summed E-state index contributed by atoms with van der Waals surface area (Å²) in [6.07, 6.45) is 0. The molecule has 0 fully saturated rings. The van der Waals surface area contributed by atoms with E-state index >= 15 is 0 Å². The first-order valence-electron chi connectivity index (χ1n) is 12.5. The fraction of sp³-hybridized carbons (Fsp3) is 0.100. The number of H-pyrrole nitrogens is 1. The summed E-state index contributed by atoms with van der Waals surface area (Å²) in [7, 11) is -3.83. The van der Waals surface area contributed by atoms with E-state index in [0.29, 0.717) is 28.5 Å². The van der Waals surface area contributed by atoms with Crippen LogP contribution in [0, 0.1) is 13.8 Å². The number of fused-ring (bicyclic) bond motifs is 2. The highest BCUT2D eigenvalue weighted by Crippen LogP contribution is 2.33. The molecule has 0 aliphatic carbocycles. The second-order valence-electron chi connectivity index (χ2n) is 9.44. The van der Waals surface area contributed by atoms with Crippen molar-refractivity contribution in [2.24, 2.45) is 0 Å². The van der Waals surface area contributed by atoms with Crippen molar-refractivity contribution in [1.29, 1.82) is 0 Å². The molecule has 39 heavy (non-hydrogen) atoms.